The number of benzene rings is 2. The molecule has 2 aromatic carbocycles. The standard InChI is InChI=1S/C26H33N3S/c1-19-11-10-15-24(20(19)2)27-26(30)29(22-12-6-4-5-7-13-22)18-21-17-28(3)25-16-9-8-14-23(21)25/h8-11,14-17,22H,4-7,12-13,18H2,1-3H3,(H,27,30). The van der Waals surface area contributed by atoms with Crippen LogP contribution in [-0.2, 0) is 13.6 Å². The van der Waals surface area contributed by atoms with Gasteiger partial charge in [-0.1, -0.05) is 56.0 Å². The number of thiocarbonyl (C=S) groups is 1. The molecule has 30 heavy (non-hydrogen) atoms. The smallest absolute Gasteiger partial charge is 0.173 e. The summed E-state index contributed by atoms with van der Waals surface area (Å²) in [5.41, 5.74) is 6.31. The zero-order chi connectivity index (χ0) is 21.1. The molecule has 0 amide bonds. The third-order valence-electron chi connectivity index (χ3n) is 6.69. The van der Waals surface area contributed by atoms with Crippen LogP contribution in [0.2, 0.25) is 0 Å². The number of nitrogens with zero attached hydrogens (tertiary/aromatic N) is 2. The molecule has 1 fully saturated rings. The summed E-state index contributed by atoms with van der Waals surface area (Å²) in [6, 6.07) is 15.6. The van der Waals surface area contributed by atoms with Gasteiger partial charge in [0, 0.05) is 42.4 Å². The van der Waals surface area contributed by atoms with Crippen LogP contribution in [0, 0.1) is 13.8 Å². The highest BCUT2D eigenvalue weighted by Gasteiger charge is 2.24. The molecule has 1 aliphatic rings. The molecule has 1 heterocycles. The van der Waals surface area contributed by atoms with E-state index in [9.17, 15) is 0 Å². The van der Waals surface area contributed by atoms with Gasteiger partial charge in [0.15, 0.2) is 5.11 Å². The van der Waals surface area contributed by atoms with Crippen LogP contribution in [0.15, 0.2) is 48.7 Å². The summed E-state index contributed by atoms with van der Waals surface area (Å²) in [4.78, 5) is 2.46. The fourth-order valence-corrected chi connectivity index (χ4v) is 5.07. The fourth-order valence-electron chi connectivity index (χ4n) is 4.74. The van der Waals surface area contributed by atoms with Crippen LogP contribution >= 0.6 is 12.2 Å². The van der Waals surface area contributed by atoms with Crippen LogP contribution in [-0.4, -0.2) is 20.6 Å². The second kappa shape index (κ2) is 9.22. The number of fused-ring (bicyclic) bond motifs is 1. The summed E-state index contributed by atoms with van der Waals surface area (Å²) in [6.45, 7) is 5.17. The molecule has 0 bridgehead atoms. The third-order valence-corrected chi connectivity index (χ3v) is 7.03. The van der Waals surface area contributed by atoms with Crippen LogP contribution in [0.25, 0.3) is 10.9 Å². The Morgan fingerprint density at radius 2 is 1.77 bits per heavy atom. The van der Waals surface area contributed by atoms with E-state index in [1.165, 1.54) is 66.1 Å². The molecule has 3 nitrogen and oxygen atoms in total. The van der Waals surface area contributed by atoms with Gasteiger partial charge in [0.25, 0.3) is 0 Å². The molecule has 4 rings (SSSR count). The number of para-hydroxylation sites is 1. The maximum Gasteiger partial charge on any atom is 0.173 e. The van der Waals surface area contributed by atoms with Crippen molar-refractivity contribution in [1.82, 2.24) is 9.47 Å². The Morgan fingerprint density at radius 3 is 2.53 bits per heavy atom. The molecular formula is C26H33N3S. The normalized spacial score (nSPS) is 15.2. The molecule has 0 radical (unpaired) electrons. The number of anilines is 1. The van der Waals surface area contributed by atoms with Gasteiger partial charge in [0.05, 0.1) is 0 Å². The molecule has 3 aromatic rings. The first-order valence-corrected chi connectivity index (χ1v) is 11.6. The van der Waals surface area contributed by atoms with Crippen molar-refractivity contribution < 1.29 is 0 Å². The Hall–Kier alpha value is -2.33. The highest BCUT2D eigenvalue weighted by atomic mass is 32.1. The van der Waals surface area contributed by atoms with Gasteiger partial charge in [0.1, 0.15) is 0 Å². The number of rotatable bonds is 4. The van der Waals surface area contributed by atoms with Crippen LogP contribution in [0.4, 0.5) is 5.69 Å². The van der Waals surface area contributed by atoms with Crippen molar-refractivity contribution in [1.29, 1.82) is 0 Å². The molecule has 0 aliphatic heterocycles. The van der Waals surface area contributed by atoms with E-state index in [0.29, 0.717) is 6.04 Å². The predicted molar refractivity (Wildman–Crippen MR) is 132 cm³/mol. The molecule has 0 spiro atoms. The summed E-state index contributed by atoms with van der Waals surface area (Å²) in [6.07, 6.45) is 9.99. The molecule has 1 aromatic heterocycles. The lowest BCUT2D eigenvalue weighted by Crippen LogP contribution is -2.42. The van der Waals surface area contributed by atoms with Crippen molar-refractivity contribution in [3.05, 3.63) is 65.4 Å². The Kier molecular flexibility index (Phi) is 6.43. The highest BCUT2D eigenvalue weighted by Crippen LogP contribution is 2.28. The molecular weight excluding hydrogens is 386 g/mol. The van der Waals surface area contributed by atoms with Gasteiger partial charge in [-0.05, 0) is 67.7 Å². The van der Waals surface area contributed by atoms with E-state index in [1.54, 1.807) is 0 Å². The van der Waals surface area contributed by atoms with E-state index >= 15 is 0 Å². The van der Waals surface area contributed by atoms with Crippen LogP contribution in [0.3, 0.4) is 0 Å². The second-order valence-corrected chi connectivity index (χ2v) is 9.12. The molecule has 1 saturated carbocycles. The van der Waals surface area contributed by atoms with Crippen molar-refractivity contribution in [3.8, 4) is 0 Å². The maximum atomic E-state index is 6.02. The minimum atomic E-state index is 0.497. The van der Waals surface area contributed by atoms with E-state index in [4.69, 9.17) is 12.2 Å². The van der Waals surface area contributed by atoms with E-state index in [1.807, 2.05) is 0 Å². The van der Waals surface area contributed by atoms with E-state index in [0.717, 1.165) is 17.3 Å². The maximum absolute atomic E-state index is 6.02. The first-order valence-electron chi connectivity index (χ1n) is 11.2. The number of aryl methyl sites for hydroxylation is 2. The summed E-state index contributed by atoms with van der Waals surface area (Å²) < 4.78 is 2.23. The van der Waals surface area contributed by atoms with Crippen molar-refractivity contribution in [3.63, 3.8) is 0 Å². The summed E-state index contributed by atoms with van der Waals surface area (Å²) in [5.74, 6) is 0. The first-order chi connectivity index (χ1) is 14.5. The largest absolute Gasteiger partial charge is 0.350 e. The van der Waals surface area contributed by atoms with Gasteiger partial charge in [0.2, 0.25) is 0 Å². The summed E-state index contributed by atoms with van der Waals surface area (Å²) >= 11 is 6.02. The Balaban J connectivity index is 1.65. The van der Waals surface area contributed by atoms with Crippen molar-refractivity contribution >= 4 is 33.9 Å². The monoisotopic (exact) mass is 419 g/mol. The van der Waals surface area contributed by atoms with Crippen molar-refractivity contribution in [2.24, 2.45) is 7.05 Å². The Bertz CT molecular complexity index is 1030. The summed E-state index contributed by atoms with van der Waals surface area (Å²) in [7, 11) is 2.13. The molecule has 0 saturated heterocycles. The lowest BCUT2D eigenvalue weighted by atomic mass is 10.1. The molecule has 0 unspecified atom stereocenters. The molecule has 1 N–H and O–H groups in total. The molecule has 0 atom stereocenters. The minimum Gasteiger partial charge on any atom is -0.350 e. The molecule has 4 heteroatoms. The Morgan fingerprint density at radius 1 is 1.03 bits per heavy atom. The van der Waals surface area contributed by atoms with E-state index in [2.05, 4.69) is 84.3 Å². The lowest BCUT2D eigenvalue weighted by Gasteiger charge is -2.34. The van der Waals surface area contributed by atoms with Gasteiger partial charge < -0.3 is 14.8 Å². The lowest BCUT2D eigenvalue weighted by molar-refractivity contribution is 0.281. The van der Waals surface area contributed by atoms with Crippen LogP contribution in [0.1, 0.15) is 55.2 Å². The number of nitrogens with one attached hydrogen (secondary N) is 1. The third kappa shape index (κ3) is 4.39. The van der Waals surface area contributed by atoms with Crippen molar-refractivity contribution in [2.75, 3.05) is 5.32 Å². The van der Waals surface area contributed by atoms with Gasteiger partial charge in [-0.15, -0.1) is 0 Å². The zero-order valence-electron chi connectivity index (χ0n) is 18.4. The van der Waals surface area contributed by atoms with Gasteiger partial charge in [-0.3, -0.25) is 0 Å². The first kappa shape index (κ1) is 20.9. The average molecular weight is 420 g/mol. The number of hydrogen-bond donors (Lipinski definition) is 1. The summed E-state index contributed by atoms with van der Waals surface area (Å²) in [5, 5.41) is 5.77. The van der Waals surface area contributed by atoms with E-state index in [-0.39, 0.29) is 0 Å². The van der Waals surface area contributed by atoms with E-state index < -0.39 is 0 Å². The minimum absolute atomic E-state index is 0.497. The number of aromatic nitrogens is 1. The molecule has 1 aliphatic carbocycles. The predicted octanol–water partition coefficient (Wildman–Crippen LogP) is 6.72. The van der Waals surface area contributed by atoms with Gasteiger partial charge in [-0.25, -0.2) is 0 Å². The van der Waals surface area contributed by atoms with Gasteiger partial charge >= 0.3 is 0 Å². The van der Waals surface area contributed by atoms with Crippen molar-refractivity contribution in [2.45, 2.75) is 65.0 Å². The van der Waals surface area contributed by atoms with Gasteiger partial charge in [-0.2, -0.15) is 0 Å². The number of hydrogen-bond acceptors (Lipinski definition) is 1. The second-order valence-electron chi connectivity index (χ2n) is 8.73. The highest BCUT2D eigenvalue weighted by molar-refractivity contribution is 7.80. The average Bonchev–Trinajstić information content (AvgIpc) is 2.91. The molecule has 158 valence electrons. The topological polar surface area (TPSA) is 20.2 Å². The van der Waals surface area contributed by atoms with Crippen LogP contribution in [0.5, 0.6) is 0 Å². The van der Waals surface area contributed by atoms with Crippen LogP contribution < -0.4 is 5.32 Å². The Labute approximate surface area is 186 Å². The quantitative estimate of drug-likeness (QED) is 0.374. The zero-order valence-corrected chi connectivity index (χ0v) is 19.3. The SMILES string of the molecule is Cc1cccc(NC(=S)N(Cc2cn(C)c3ccccc23)C2CCCCCC2)c1C. The fraction of sp³-hybridized carbons (Fsp3) is 0.423.